The first-order chi connectivity index (χ1) is 10.3. The first-order valence-corrected chi connectivity index (χ1v) is 7.42. The highest BCUT2D eigenvalue weighted by molar-refractivity contribution is 5.68. The molecule has 0 fully saturated rings. The highest BCUT2D eigenvalue weighted by Crippen LogP contribution is 2.08. The molecule has 0 saturated heterocycles. The highest BCUT2D eigenvalue weighted by atomic mass is 16.5. The van der Waals surface area contributed by atoms with Gasteiger partial charge in [0.15, 0.2) is 0 Å². The molecule has 0 radical (unpaired) electrons. The number of hydrogen-bond donors (Lipinski definition) is 0. The summed E-state index contributed by atoms with van der Waals surface area (Å²) in [6, 6.07) is 0. The molecule has 2 heteroatoms. The second-order valence-corrected chi connectivity index (χ2v) is 4.48. The zero-order valence-electron chi connectivity index (χ0n) is 13.1. The first-order valence-electron chi connectivity index (χ1n) is 7.42. The lowest BCUT2D eigenvalue weighted by atomic mass is 10.1. The molecule has 0 heterocycles. The van der Waals surface area contributed by atoms with Gasteiger partial charge in [0.05, 0.1) is 7.11 Å². The summed E-state index contributed by atoms with van der Waals surface area (Å²) in [5.74, 6) is 16.3. The second-order valence-electron chi connectivity index (χ2n) is 4.48. The van der Waals surface area contributed by atoms with Gasteiger partial charge in [0.1, 0.15) is 0 Å². The predicted molar refractivity (Wildman–Crippen MR) is 87.1 cm³/mol. The Kier molecular flexibility index (Phi) is 14.3. The molecule has 0 aliphatic heterocycles. The normalized spacial score (nSPS) is 8.86. The Labute approximate surface area is 129 Å². The Morgan fingerprint density at radius 1 is 0.952 bits per heavy atom. The van der Waals surface area contributed by atoms with Crippen molar-refractivity contribution in [1.29, 1.82) is 0 Å². The highest BCUT2D eigenvalue weighted by Gasteiger charge is 1.98. The number of hydrogen-bond acceptors (Lipinski definition) is 2. The quantitative estimate of drug-likeness (QED) is 0.278. The van der Waals surface area contributed by atoms with E-state index in [1.807, 2.05) is 0 Å². The molecule has 0 aliphatic carbocycles. The molecular formula is C19H24O2. The molecule has 0 spiro atoms. The van der Waals surface area contributed by atoms with Gasteiger partial charge in [-0.1, -0.05) is 43.3 Å². The van der Waals surface area contributed by atoms with E-state index >= 15 is 0 Å². The van der Waals surface area contributed by atoms with Crippen molar-refractivity contribution in [2.45, 2.75) is 58.3 Å². The lowest BCUT2D eigenvalue weighted by Gasteiger charge is -1.99. The van der Waals surface area contributed by atoms with Crippen LogP contribution in [0.3, 0.4) is 0 Å². The van der Waals surface area contributed by atoms with Crippen LogP contribution in [0.1, 0.15) is 58.3 Å². The topological polar surface area (TPSA) is 26.3 Å². The molecule has 0 aromatic carbocycles. The Morgan fingerprint density at radius 2 is 1.67 bits per heavy atom. The zero-order chi connectivity index (χ0) is 15.6. The maximum Gasteiger partial charge on any atom is 0.305 e. The maximum absolute atomic E-state index is 10.9. The minimum Gasteiger partial charge on any atom is -0.469 e. The van der Waals surface area contributed by atoms with Crippen LogP contribution in [-0.2, 0) is 9.53 Å². The van der Waals surface area contributed by atoms with Gasteiger partial charge in [-0.05, 0) is 49.9 Å². The third-order valence-electron chi connectivity index (χ3n) is 2.77. The van der Waals surface area contributed by atoms with Crippen LogP contribution in [0.25, 0.3) is 0 Å². The van der Waals surface area contributed by atoms with Crippen molar-refractivity contribution in [3.05, 3.63) is 12.2 Å². The third-order valence-corrected chi connectivity index (χ3v) is 2.77. The summed E-state index contributed by atoms with van der Waals surface area (Å²) in [7, 11) is 1.44. The molecule has 0 aromatic heterocycles. The molecule has 0 bridgehead atoms. The smallest absolute Gasteiger partial charge is 0.305 e. The SMILES string of the molecule is CC#CC#CC#CCC=CCCCCCCCC(=O)OC. The van der Waals surface area contributed by atoms with E-state index in [4.69, 9.17) is 0 Å². The van der Waals surface area contributed by atoms with Gasteiger partial charge >= 0.3 is 5.97 Å². The summed E-state index contributed by atoms with van der Waals surface area (Å²) in [4.78, 5) is 10.9. The summed E-state index contributed by atoms with van der Waals surface area (Å²) < 4.78 is 4.60. The van der Waals surface area contributed by atoms with Crippen LogP contribution in [0.15, 0.2) is 12.2 Å². The molecule has 2 nitrogen and oxygen atoms in total. The van der Waals surface area contributed by atoms with E-state index in [-0.39, 0.29) is 5.97 Å². The van der Waals surface area contributed by atoms with Gasteiger partial charge < -0.3 is 4.74 Å². The summed E-state index contributed by atoms with van der Waals surface area (Å²) in [6.45, 7) is 1.75. The number of carbonyl (C=O) groups excluding carboxylic acids is 1. The number of methoxy groups -OCH3 is 1. The summed E-state index contributed by atoms with van der Waals surface area (Å²) in [6.07, 6.45) is 12.2. The standard InChI is InChI=1S/C19H24O2/c1-3-4-5-6-7-8-9-10-11-12-13-14-15-16-17-18-19(20)21-2/h10-11H,9,12-18H2,1-2H3. The lowest BCUT2D eigenvalue weighted by Crippen LogP contribution is -1.98. The van der Waals surface area contributed by atoms with Crippen molar-refractivity contribution in [3.8, 4) is 35.5 Å². The third kappa shape index (κ3) is 15.8. The van der Waals surface area contributed by atoms with Crippen molar-refractivity contribution in [3.63, 3.8) is 0 Å². The van der Waals surface area contributed by atoms with Crippen molar-refractivity contribution in [2.75, 3.05) is 7.11 Å². The number of rotatable bonds is 9. The van der Waals surface area contributed by atoms with Crippen LogP contribution in [0.5, 0.6) is 0 Å². The maximum atomic E-state index is 10.9. The molecule has 0 rings (SSSR count). The molecule has 0 N–H and O–H groups in total. The van der Waals surface area contributed by atoms with Gasteiger partial charge in [-0.15, -0.1) is 0 Å². The average Bonchev–Trinajstić information content (AvgIpc) is 2.50. The van der Waals surface area contributed by atoms with Crippen LogP contribution in [0.4, 0.5) is 0 Å². The zero-order valence-corrected chi connectivity index (χ0v) is 13.1. The monoisotopic (exact) mass is 284 g/mol. The van der Waals surface area contributed by atoms with Crippen LogP contribution in [0.2, 0.25) is 0 Å². The van der Waals surface area contributed by atoms with Crippen molar-refractivity contribution >= 4 is 5.97 Å². The number of carbonyl (C=O) groups is 1. The fourth-order valence-corrected chi connectivity index (χ4v) is 1.64. The van der Waals surface area contributed by atoms with E-state index in [9.17, 15) is 4.79 Å². The number of allylic oxidation sites excluding steroid dienone is 2. The van der Waals surface area contributed by atoms with Crippen LogP contribution >= 0.6 is 0 Å². The van der Waals surface area contributed by atoms with E-state index in [0.29, 0.717) is 6.42 Å². The molecule has 0 amide bonds. The van der Waals surface area contributed by atoms with Crippen molar-refractivity contribution in [1.82, 2.24) is 0 Å². The number of esters is 1. The minimum absolute atomic E-state index is 0.106. The summed E-state index contributed by atoms with van der Waals surface area (Å²) in [5.41, 5.74) is 0. The van der Waals surface area contributed by atoms with Gasteiger partial charge in [-0.25, -0.2) is 0 Å². The van der Waals surface area contributed by atoms with Crippen LogP contribution in [0, 0.1) is 35.5 Å². The van der Waals surface area contributed by atoms with Gasteiger partial charge in [0.2, 0.25) is 0 Å². The minimum atomic E-state index is -0.106. The van der Waals surface area contributed by atoms with Crippen molar-refractivity contribution in [2.24, 2.45) is 0 Å². The van der Waals surface area contributed by atoms with Gasteiger partial charge in [-0.2, -0.15) is 0 Å². The molecule has 0 atom stereocenters. The second kappa shape index (κ2) is 15.9. The first kappa shape index (κ1) is 18.9. The van der Waals surface area contributed by atoms with E-state index < -0.39 is 0 Å². The molecular weight excluding hydrogens is 260 g/mol. The molecule has 21 heavy (non-hydrogen) atoms. The Bertz CT molecular complexity index is 481. The fourth-order valence-electron chi connectivity index (χ4n) is 1.64. The van der Waals surface area contributed by atoms with E-state index in [1.165, 1.54) is 26.4 Å². The molecule has 112 valence electrons. The summed E-state index contributed by atoms with van der Waals surface area (Å²) >= 11 is 0. The van der Waals surface area contributed by atoms with Gasteiger partial charge in [0, 0.05) is 12.8 Å². The largest absolute Gasteiger partial charge is 0.469 e. The summed E-state index contributed by atoms with van der Waals surface area (Å²) in [5, 5.41) is 0. The Hall–Kier alpha value is -2.11. The molecule has 0 unspecified atom stereocenters. The fraction of sp³-hybridized carbons (Fsp3) is 0.526. The van der Waals surface area contributed by atoms with E-state index in [2.05, 4.69) is 52.4 Å². The number of ether oxygens (including phenoxy) is 1. The van der Waals surface area contributed by atoms with Gasteiger partial charge in [-0.3, -0.25) is 4.79 Å². The molecule has 0 aliphatic rings. The Balaban J connectivity index is 3.39. The van der Waals surface area contributed by atoms with Crippen molar-refractivity contribution < 1.29 is 9.53 Å². The van der Waals surface area contributed by atoms with Gasteiger partial charge in [0.25, 0.3) is 0 Å². The molecule has 0 saturated carbocycles. The average molecular weight is 284 g/mol. The van der Waals surface area contributed by atoms with Crippen LogP contribution in [-0.4, -0.2) is 13.1 Å². The van der Waals surface area contributed by atoms with E-state index in [0.717, 1.165) is 25.7 Å². The number of unbranched alkanes of at least 4 members (excludes halogenated alkanes) is 5. The Morgan fingerprint density at radius 3 is 2.43 bits per heavy atom. The van der Waals surface area contributed by atoms with Crippen LogP contribution < -0.4 is 0 Å². The van der Waals surface area contributed by atoms with E-state index in [1.54, 1.807) is 6.92 Å². The lowest BCUT2D eigenvalue weighted by molar-refractivity contribution is -0.140. The molecule has 0 aromatic rings. The predicted octanol–water partition coefficient (Wildman–Crippen LogP) is 3.87.